The second-order valence-corrected chi connectivity index (χ2v) is 7.30. The highest BCUT2D eigenvalue weighted by atomic mass is 16.5. The van der Waals surface area contributed by atoms with E-state index in [1.54, 1.807) is 12.3 Å². The van der Waals surface area contributed by atoms with Gasteiger partial charge in [0.25, 0.3) is 0 Å². The van der Waals surface area contributed by atoms with Gasteiger partial charge in [-0.25, -0.2) is 0 Å². The zero-order chi connectivity index (χ0) is 19.2. The van der Waals surface area contributed by atoms with Gasteiger partial charge in [-0.15, -0.1) is 0 Å². The van der Waals surface area contributed by atoms with Crippen molar-refractivity contribution in [3.63, 3.8) is 0 Å². The van der Waals surface area contributed by atoms with E-state index in [-0.39, 0.29) is 18.1 Å². The van der Waals surface area contributed by atoms with Crippen LogP contribution in [0.25, 0.3) is 6.08 Å². The SMILES string of the molecule is O=C(C=Cc1ccc(OCc2ccccn2)cc1)N1CCOC2CCCCC21. The summed E-state index contributed by atoms with van der Waals surface area (Å²) in [7, 11) is 0. The molecule has 1 aromatic carbocycles. The Labute approximate surface area is 166 Å². The van der Waals surface area contributed by atoms with Crippen LogP contribution in [0.4, 0.5) is 0 Å². The van der Waals surface area contributed by atoms with Gasteiger partial charge in [0, 0.05) is 18.8 Å². The van der Waals surface area contributed by atoms with E-state index in [1.165, 1.54) is 12.8 Å². The van der Waals surface area contributed by atoms with Gasteiger partial charge in [0.1, 0.15) is 12.4 Å². The molecule has 2 fully saturated rings. The van der Waals surface area contributed by atoms with Crippen LogP contribution >= 0.6 is 0 Å². The van der Waals surface area contributed by atoms with Crippen LogP contribution in [0, 0.1) is 0 Å². The molecular weight excluding hydrogens is 352 g/mol. The Bertz CT molecular complexity index is 802. The minimum absolute atomic E-state index is 0.0793. The molecule has 2 unspecified atom stereocenters. The molecule has 2 aliphatic rings. The number of morpholine rings is 1. The molecule has 1 aromatic heterocycles. The van der Waals surface area contributed by atoms with E-state index >= 15 is 0 Å². The molecule has 4 rings (SSSR count). The van der Waals surface area contributed by atoms with Crippen LogP contribution in [0.1, 0.15) is 36.9 Å². The Balaban J connectivity index is 1.33. The minimum Gasteiger partial charge on any atom is -0.487 e. The average molecular weight is 378 g/mol. The predicted molar refractivity (Wildman–Crippen MR) is 108 cm³/mol. The van der Waals surface area contributed by atoms with Gasteiger partial charge in [0.05, 0.1) is 24.4 Å². The number of carbonyl (C=O) groups is 1. The van der Waals surface area contributed by atoms with Crippen molar-refractivity contribution in [3.05, 3.63) is 66.0 Å². The topological polar surface area (TPSA) is 51.7 Å². The van der Waals surface area contributed by atoms with Gasteiger partial charge >= 0.3 is 0 Å². The van der Waals surface area contributed by atoms with E-state index in [4.69, 9.17) is 9.47 Å². The molecule has 5 heteroatoms. The first-order chi connectivity index (χ1) is 13.8. The molecule has 0 spiro atoms. The summed E-state index contributed by atoms with van der Waals surface area (Å²) in [5, 5.41) is 0. The average Bonchev–Trinajstić information content (AvgIpc) is 2.77. The fraction of sp³-hybridized carbons (Fsp3) is 0.391. The molecule has 146 valence electrons. The van der Waals surface area contributed by atoms with E-state index < -0.39 is 0 Å². The fourth-order valence-electron chi connectivity index (χ4n) is 3.95. The molecule has 1 saturated carbocycles. The molecule has 1 aliphatic heterocycles. The summed E-state index contributed by atoms with van der Waals surface area (Å²) in [5.74, 6) is 0.864. The third-order valence-electron chi connectivity index (χ3n) is 5.43. The molecule has 2 heterocycles. The van der Waals surface area contributed by atoms with E-state index in [0.717, 1.165) is 29.8 Å². The summed E-state index contributed by atoms with van der Waals surface area (Å²) in [5.41, 5.74) is 1.87. The summed E-state index contributed by atoms with van der Waals surface area (Å²) in [6, 6.07) is 13.8. The quantitative estimate of drug-likeness (QED) is 0.742. The first kappa shape index (κ1) is 18.7. The Morgan fingerprint density at radius 3 is 2.86 bits per heavy atom. The van der Waals surface area contributed by atoms with Crippen molar-refractivity contribution in [2.45, 2.75) is 44.4 Å². The lowest BCUT2D eigenvalue weighted by Crippen LogP contribution is -2.54. The van der Waals surface area contributed by atoms with E-state index in [1.807, 2.05) is 53.4 Å². The molecule has 1 aliphatic carbocycles. The van der Waals surface area contributed by atoms with Crippen LogP contribution in [0.2, 0.25) is 0 Å². The van der Waals surface area contributed by atoms with Crippen molar-refractivity contribution >= 4 is 12.0 Å². The monoisotopic (exact) mass is 378 g/mol. The summed E-state index contributed by atoms with van der Waals surface area (Å²) in [6.07, 6.45) is 10.0. The molecular formula is C23H26N2O3. The van der Waals surface area contributed by atoms with E-state index in [2.05, 4.69) is 4.98 Å². The van der Waals surface area contributed by atoms with Gasteiger partial charge in [-0.1, -0.05) is 31.0 Å². The van der Waals surface area contributed by atoms with Gasteiger partial charge in [-0.05, 0) is 48.7 Å². The zero-order valence-corrected chi connectivity index (χ0v) is 16.0. The molecule has 5 nitrogen and oxygen atoms in total. The number of hydrogen-bond donors (Lipinski definition) is 0. The number of amides is 1. The zero-order valence-electron chi connectivity index (χ0n) is 16.0. The van der Waals surface area contributed by atoms with Gasteiger partial charge < -0.3 is 14.4 Å². The van der Waals surface area contributed by atoms with Crippen molar-refractivity contribution in [1.29, 1.82) is 0 Å². The molecule has 1 saturated heterocycles. The van der Waals surface area contributed by atoms with Crippen molar-refractivity contribution < 1.29 is 14.3 Å². The second kappa shape index (κ2) is 9.02. The van der Waals surface area contributed by atoms with Crippen LogP contribution in [-0.4, -0.2) is 41.1 Å². The fourth-order valence-corrected chi connectivity index (χ4v) is 3.95. The lowest BCUT2D eigenvalue weighted by atomic mass is 9.90. The molecule has 0 bridgehead atoms. The third kappa shape index (κ3) is 4.60. The number of fused-ring (bicyclic) bond motifs is 1. The van der Waals surface area contributed by atoms with Crippen LogP contribution in [0.15, 0.2) is 54.7 Å². The number of aromatic nitrogens is 1. The summed E-state index contributed by atoms with van der Waals surface area (Å²) >= 11 is 0. The van der Waals surface area contributed by atoms with Crippen molar-refractivity contribution in [2.75, 3.05) is 13.2 Å². The number of pyridine rings is 1. The number of hydrogen-bond acceptors (Lipinski definition) is 4. The maximum absolute atomic E-state index is 12.7. The molecule has 2 atom stereocenters. The van der Waals surface area contributed by atoms with Gasteiger partial charge in [-0.3, -0.25) is 9.78 Å². The molecule has 28 heavy (non-hydrogen) atoms. The molecule has 2 aromatic rings. The van der Waals surface area contributed by atoms with Crippen LogP contribution in [0.3, 0.4) is 0 Å². The highest BCUT2D eigenvalue weighted by Crippen LogP contribution is 2.28. The third-order valence-corrected chi connectivity index (χ3v) is 5.43. The molecule has 1 amide bonds. The Hall–Kier alpha value is -2.66. The minimum atomic E-state index is 0.0793. The van der Waals surface area contributed by atoms with E-state index in [9.17, 15) is 4.79 Å². The number of benzene rings is 1. The normalized spacial score (nSPS) is 22.1. The predicted octanol–water partition coefficient (Wildman–Crippen LogP) is 3.84. The highest BCUT2D eigenvalue weighted by molar-refractivity contribution is 5.92. The lowest BCUT2D eigenvalue weighted by molar-refractivity contribution is -0.144. The van der Waals surface area contributed by atoms with Crippen molar-refractivity contribution in [1.82, 2.24) is 9.88 Å². The maximum Gasteiger partial charge on any atom is 0.246 e. The van der Waals surface area contributed by atoms with E-state index in [0.29, 0.717) is 19.8 Å². The standard InChI is InChI=1S/C23H26N2O3/c26-23(25-15-16-27-22-7-2-1-6-21(22)25)13-10-18-8-11-20(12-9-18)28-17-19-5-3-4-14-24-19/h3-5,8-14,21-22H,1-2,6-7,15-17H2. The van der Waals surface area contributed by atoms with Crippen molar-refractivity contribution in [3.8, 4) is 5.75 Å². The second-order valence-electron chi connectivity index (χ2n) is 7.30. The molecule has 0 N–H and O–H groups in total. The van der Waals surface area contributed by atoms with Gasteiger partial charge in [0.15, 0.2) is 0 Å². The molecule has 0 radical (unpaired) electrons. The van der Waals surface area contributed by atoms with Gasteiger partial charge in [-0.2, -0.15) is 0 Å². The number of ether oxygens (including phenoxy) is 2. The van der Waals surface area contributed by atoms with Crippen LogP contribution in [0.5, 0.6) is 5.75 Å². The number of carbonyl (C=O) groups excluding carboxylic acids is 1. The first-order valence-corrected chi connectivity index (χ1v) is 10.0. The van der Waals surface area contributed by atoms with Crippen molar-refractivity contribution in [2.24, 2.45) is 0 Å². The van der Waals surface area contributed by atoms with Crippen LogP contribution in [-0.2, 0) is 16.1 Å². The largest absolute Gasteiger partial charge is 0.487 e. The summed E-state index contributed by atoms with van der Waals surface area (Å²) < 4.78 is 11.6. The van der Waals surface area contributed by atoms with Crippen LogP contribution < -0.4 is 4.74 Å². The highest BCUT2D eigenvalue weighted by Gasteiger charge is 2.35. The smallest absolute Gasteiger partial charge is 0.246 e. The Kier molecular flexibility index (Phi) is 6.02. The Morgan fingerprint density at radius 2 is 2.04 bits per heavy atom. The summed E-state index contributed by atoms with van der Waals surface area (Å²) in [4.78, 5) is 18.9. The maximum atomic E-state index is 12.7. The van der Waals surface area contributed by atoms with Gasteiger partial charge in [0.2, 0.25) is 5.91 Å². The summed E-state index contributed by atoms with van der Waals surface area (Å²) in [6.45, 7) is 1.77. The Morgan fingerprint density at radius 1 is 1.18 bits per heavy atom. The lowest BCUT2D eigenvalue weighted by Gasteiger charge is -2.43. The first-order valence-electron chi connectivity index (χ1n) is 10.0. The number of rotatable bonds is 5. The number of nitrogens with zero attached hydrogens (tertiary/aromatic N) is 2.